The normalized spacial score (nSPS) is 6.00. The van der Waals surface area contributed by atoms with Crippen LogP contribution in [0, 0.1) is 46.0 Å². The fraction of sp³-hybridized carbons (Fsp3) is 1.00. The third kappa shape index (κ3) is 2500. The summed E-state index contributed by atoms with van der Waals surface area (Å²) in [7, 11) is 0. The van der Waals surface area contributed by atoms with Gasteiger partial charge >= 0.3 is 17.4 Å². The average Bonchev–Trinajstić information content (AvgIpc) is 2.00. The first kappa shape index (κ1) is 29.4. The van der Waals surface area contributed by atoms with E-state index in [2.05, 4.69) is 0 Å². The molecule has 0 aliphatic carbocycles. The van der Waals surface area contributed by atoms with Crippen molar-refractivity contribution in [3.8, 4) is 0 Å². The summed E-state index contributed by atoms with van der Waals surface area (Å²) in [5, 5.41) is 52.1. The van der Waals surface area contributed by atoms with E-state index in [1.807, 2.05) is 6.92 Å². The van der Waals surface area contributed by atoms with Gasteiger partial charge in [-0.05, 0) is 6.42 Å². The van der Waals surface area contributed by atoms with E-state index in [9.17, 15) is 0 Å². The van der Waals surface area contributed by atoms with Crippen LogP contribution < -0.4 is 0 Å². The Morgan fingerprint density at radius 3 is 0.882 bits per heavy atom. The van der Waals surface area contributed by atoms with Crippen molar-refractivity contribution in [1.29, 1.82) is 0 Å². The number of rotatable bonds is 1. The molecule has 0 aromatic heterocycles. The average molecular weight is 273 g/mol. The van der Waals surface area contributed by atoms with Crippen LogP contribution in [0.3, 0.4) is 0 Å². The van der Waals surface area contributed by atoms with E-state index in [0.29, 0.717) is 6.61 Å². The second-order valence-electron chi connectivity index (χ2n) is 1.39. The molecule has 13 nitrogen and oxygen atoms in total. The number of hydrogen-bond acceptors (Lipinski definition) is 10. The van der Waals surface area contributed by atoms with E-state index in [1.165, 1.54) is 0 Å². The van der Waals surface area contributed by atoms with Crippen LogP contribution >= 0.6 is 0 Å². The molecule has 0 aliphatic heterocycles. The van der Waals surface area contributed by atoms with Crippen LogP contribution in [0.4, 0.5) is 0 Å². The SMILES string of the molecule is CCCO.O=[N+]([O-])[O-].O=[N+]([O-])[O-].O=[N+]([O-])[O-].[Al+3]. The molecule has 0 saturated heterocycles. The van der Waals surface area contributed by atoms with Crippen LogP contribution in [-0.4, -0.2) is 44.3 Å². The van der Waals surface area contributed by atoms with Gasteiger partial charge in [0.25, 0.3) is 0 Å². The number of aliphatic hydroxyl groups is 1. The van der Waals surface area contributed by atoms with Crippen LogP contribution in [0.5, 0.6) is 0 Å². The summed E-state index contributed by atoms with van der Waals surface area (Å²) in [6.45, 7) is 2.25. The van der Waals surface area contributed by atoms with Crippen LogP contribution in [-0.2, 0) is 0 Å². The van der Waals surface area contributed by atoms with Crippen molar-refractivity contribution >= 4 is 17.4 Å². The maximum absolute atomic E-state index is 8.25. The molecule has 0 bridgehead atoms. The molecular formula is C3H8AlN3O10. The molecule has 0 aromatic rings. The zero-order valence-electron chi connectivity index (χ0n) is 8.45. The number of hydrogen-bond donors (Lipinski definition) is 1. The van der Waals surface area contributed by atoms with Crippen molar-refractivity contribution in [3.05, 3.63) is 46.0 Å². The molecule has 0 fully saturated rings. The molecule has 0 rings (SSSR count). The first-order valence-electron chi connectivity index (χ1n) is 3.17. The summed E-state index contributed by atoms with van der Waals surface area (Å²) in [5.74, 6) is 0. The molecule has 0 aliphatic rings. The quantitative estimate of drug-likeness (QED) is 0.358. The molecule has 14 heteroatoms. The molecule has 98 valence electrons. The minimum absolute atomic E-state index is 0. The Balaban J connectivity index is -0.0000000369. The largest absolute Gasteiger partial charge is 3.00 e. The van der Waals surface area contributed by atoms with Crippen LogP contribution in [0.2, 0.25) is 0 Å². The Morgan fingerprint density at radius 2 is 0.882 bits per heavy atom. The summed E-state index contributed by atoms with van der Waals surface area (Å²) >= 11 is 0. The van der Waals surface area contributed by atoms with E-state index in [4.69, 9.17) is 51.1 Å². The van der Waals surface area contributed by atoms with Crippen LogP contribution in [0.1, 0.15) is 13.3 Å². The predicted molar refractivity (Wildman–Crippen MR) is 54.2 cm³/mol. The molecule has 0 atom stereocenters. The van der Waals surface area contributed by atoms with E-state index in [1.54, 1.807) is 0 Å². The fourth-order valence-corrected chi connectivity index (χ4v) is 0. The van der Waals surface area contributed by atoms with Gasteiger partial charge in [-0.1, -0.05) is 6.92 Å². The van der Waals surface area contributed by atoms with Crippen LogP contribution in [0.25, 0.3) is 0 Å². The first-order chi connectivity index (χ1) is 7.11. The van der Waals surface area contributed by atoms with Crippen molar-refractivity contribution < 1.29 is 20.4 Å². The summed E-state index contributed by atoms with van der Waals surface area (Å²) in [5.41, 5.74) is 0. The van der Waals surface area contributed by atoms with Crippen molar-refractivity contribution in [2.75, 3.05) is 6.61 Å². The van der Waals surface area contributed by atoms with Crippen molar-refractivity contribution in [2.24, 2.45) is 0 Å². The Bertz CT molecular complexity index is 145. The Morgan fingerprint density at radius 1 is 0.824 bits per heavy atom. The summed E-state index contributed by atoms with van der Waals surface area (Å²) in [4.78, 5) is 24.8. The van der Waals surface area contributed by atoms with E-state index >= 15 is 0 Å². The van der Waals surface area contributed by atoms with Gasteiger partial charge in [-0.3, -0.25) is 0 Å². The summed E-state index contributed by atoms with van der Waals surface area (Å²) < 4.78 is 0. The van der Waals surface area contributed by atoms with E-state index < -0.39 is 15.3 Å². The molecule has 0 saturated carbocycles. The van der Waals surface area contributed by atoms with Crippen LogP contribution in [0.15, 0.2) is 0 Å². The Hall–Kier alpha value is -1.91. The minimum atomic E-state index is -1.75. The predicted octanol–water partition coefficient (Wildman–Crippen LogP) is -0.709. The van der Waals surface area contributed by atoms with Gasteiger partial charge in [-0.25, -0.2) is 0 Å². The van der Waals surface area contributed by atoms with Crippen molar-refractivity contribution in [1.82, 2.24) is 0 Å². The second-order valence-corrected chi connectivity index (χ2v) is 1.39. The van der Waals surface area contributed by atoms with Gasteiger partial charge in [0.1, 0.15) is 0 Å². The third-order valence-electron chi connectivity index (χ3n) is 0.224. The minimum Gasteiger partial charge on any atom is -0.396 e. The first-order valence-corrected chi connectivity index (χ1v) is 3.17. The van der Waals surface area contributed by atoms with Gasteiger partial charge in [0.2, 0.25) is 0 Å². The molecule has 0 heterocycles. The Kier molecular flexibility index (Phi) is 50.6. The topological polar surface area (TPSA) is 219 Å². The smallest absolute Gasteiger partial charge is 0.396 e. The summed E-state index contributed by atoms with van der Waals surface area (Å²) in [6.07, 6.45) is 0.875. The molecule has 0 spiro atoms. The van der Waals surface area contributed by atoms with E-state index in [0.717, 1.165) is 6.42 Å². The number of aliphatic hydroxyl groups excluding tert-OH is 1. The zero-order chi connectivity index (χ0) is 14.1. The van der Waals surface area contributed by atoms with Gasteiger partial charge in [0, 0.05) is 6.61 Å². The third-order valence-corrected chi connectivity index (χ3v) is 0.224. The molecule has 0 radical (unpaired) electrons. The molecular weight excluding hydrogens is 265 g/mol. The fourth-order valence-electron chi connectivity index (χ4n) is 0. The van der Waals surface area contributed by atoms with E-state index in [-0.39, 0.29) is 17.4 Å². The Labute approximate surface area is 104 Å². The monoisotopic (exact) mass is 273 g/mol. The van der Waals surface area contributed by atoms with Gasteiger partial charge < -0.3 is 51.1 Å². The van der Waals surface area contributed by atoms with Crippen molar-refractivity contribution in [3.63, 3.8) is 0 Å². The molecule has 1 N–H and O–H groups in total. The molecule has 0 unspecified atom stereocenters. The van der Waals surface area contributed by atoms with Gasteiger partial charge in [-0.15, -0.1) is 0 Å². The van der Waals surface area contributed by atoms with Crippen molar-refractivity contribution in [2.45, 2.75) is 13.3 Å². The van der Waals surface area contributed by atoms with Gasteiger partial charge in [0.15, 0.2) is 0 Å². The maximum Gasteiger partial charge on any atom is 3.00 e. The maximum atomic E-state index is 8.25. The summed E-state index contributed by atoms with van der Waals surface area (Å²) in [6, 6.07) is 0. The van der Waals surface area contributed by atoms with Gasteiger partial charge in [-0.2, -0.15) is 0 Å². The number of nitrogens with zero attached hydrogens (tertiary/aromatic N) is 3. The molecule has 17 heavy (non-hydrogen) atoms. The second kappa shape index (κ2) is 29.2. The van der Waals surface area contributed by atoms with Gasteiger partial charge in [0.05, 0.1) is 15.3 Å². The standard InChI is InChI=1S/C3H8O.Al.3NO3/c1-2-3-4;;3*2-1(3)4/h4H,2-3H2,1H3;;;;/q;+3;3*-1. The zero-order valence-corrected chi connectivity index (χ0v) is 9.61. The molecule has 0 aromatic carbocycles. The molecule has 0 amide bonds.